The number of anilines is 1. The quantitative estimate of drug-likeness (QED) is 0.834. The van der Waals surface area contributed by atoms with Crippen LogP contribution in [-0.4, -0.2) is 38.1 Å². The maximum atomic E-state index is 12.7. The summed E-state index contributed by atoms with van der Waals surface area (Å²) < 4.78 is 10.9. The molecule has 0 bridgehead atoms. The third-order valence-electron chi connectivity index (χ3n) is 5.17. The molecule has 3 rings (SSSR count). The minimum atomic E-state index is 0.0115. The van der Waals surface area contributed by atoms with Gasteiger partial charge in [0.05, 0.1) is 20.8 Å². The second-order valence-electron chi connectivity index (χ2n) is 7.10. The fraction of sp³-hybridized carbons (Fsp3) is 0.409. The Morgan fingerprint density at radius 1 is 1.15 bits per heavy atom. The van der Waals surface area contributed by atoms with Crippen LogP contribution in [0.3, 0.4) is 0 Å². The highest BCUT2D eigenvalue weighted by Crippen LogP contribution is 2.38. The molecule has 0 spiro atoms. The average molecular weight is 368 g/mol. The maximum absolute atomic E-state index is 12.7. The second-order valence-corrected chi connectivity index (χ2v) is 7.10. The Labute approximate surface area is 161 Å². The first-order valence-corrected chi connectivity index (χ1v) is 9.35. The number of carbonyl (C=O) groups is 1. The lowest BCUT2D eigenvalue weighted by Gasteiger charge is -2.26. The van der Waals surface area contributed by atoms with Crippen LogP contribution in [0.25, 0.3) is 0 Å². The molecule has 1 N–H and O–H groups in total. The van der Waals surface area contributed by atoms with Gasteiger partial charge in [0.15, 0.2) is 0 Å². The van der Waals surface area contributed by atoms with E-state index in [0.29, 0.717) is 6.54 Å². The van der Waals surface area contributed by atoms with E-state index in [2.05, 4.69) is 16.3 Å². The van der Waals surface area contributed by atoms with Gasteiger partial charge in [0, 0.05) is 17.3 Å². The SMILES string of the molecule is COc1ccc(OC)c([C@@H]2CCCN2CC(=O)Nc2cc(C)ccc2C)c1. The van der Waals surface area contributed by atoms with Gasteiger partial charge in [0.25, 0.3) is 0 Å². The summed E-state index contributed by atoms with van der Waals surface area (Å²) in [6, 6.07) is 12.1. The highest BCUT2D eigenvalue weighted by atomic mass is 16.5. The van der Waals surface area contributed by atoms with Crippen LogP contribution in [0.1, 0.15) is 35.6 Å². The van der Waals surface area contributed by atoms with Crippen LogP contribution >= 0.6 is 0 Å². The van der Waals surface area contributed by atoms with Gasteiger partial charge in [-0.2, -0.15) is 0 Å². The molecular formula is C22H28N2O3. The van der Waals surface area contributed by atoms with Gasteiger partial charge in [0.2, 0.25) is 5.91 Å². The molecule has 5 nitrogen and oxygen atoms in total. The first-order valence-electron chi connectivity index (χ1n) is 9.35. The fourth-order valence-corrected chi connectivity index (χ4v) is 3.71. The minimum absolute atomic E-state index is 0.0115. The average Bonchev–Trinajstić information content (AvgIpc) is 3.11. The van der Waals surface area contributed by atoms with Gasteiger partial charge in [-0.05, 0) is 68.6 Å². The number of amides is 1. The summed E-state index contributed by atoms with van der Waals surface area (Å²) in [5, 5.41) is 3.06. The van der Waals surface area contributed by atoms with Gasteiger partial charge in [-0.1, -0.05) is 12.1 Å². The number of rotatable bonds is 6. The smallest absolute Gasteiger partial charge is 0.238 e. The van der Waals surface area contributed by atoms with Crippen molar-refractivity contribution >= 4 is 11.6 Å². The number of ether oxygens (including phenoxy) is 2. The van der Waals surface area contributed by atoms with Crippen LogP contribution in [-0.2, 0) is 4.79 Å². The van der Waals surface area contributed by atoms with Crippen molar-refractivity contribution in [2.24, 2.45) is 0 Å². The van der Waals surface area contributed by atoms with Crippen LogP contribution in [0.5, 0.6) is 11.5 Å². The summed E-state index contributed by atoms with van der Waals surface area (Å²) in [4.78, 5) is 14.9. The molecule has 2 aromatic rings. The van der Waals surface area contributed by atoms with Gasteiger partial charge in [0.1, 0.15) is 11.5 Å². The lowest BCUT2D eigenvalue weighted by molar-refractivity contribution is -0.117. The van der Waals surface area contributed by atoms with Gasteiger partial charge in [-0.25, -0.2) is 0 Å². The summed E-state index contributed by atoms with van der Waals surface area (Å²) in [7, 11) is 3.34. The van der Waals surface area contributed by atoms with Crippen LogP contribution in [0.2, 0.25) is 0 Å². The number of nitrogens with one attached hydrogen (secondary N) is 1. The van der Waals surface area contributed by atoms with Crippen molar-refractivity contribution in [2.75, 3.05) is 32.6 Å². The van der Waals surface area contributed by atoms with Crippen LogP contribution in [0.4, 0.5) is 5.69 Å². The lowest BCUT2D eigenvalue weighted by Crippen LogP contribution is -2.33. The minimum Gasteiger partial charge on any atom is -0.497 e. The Balaban J connectivity index is 1.75. The number of nitrogens with zero attached hydrogens (tertiary/aromatic N) is 1. The third-order valence-corrected chi connectivity index (χ3v) is 5.17. The number of carbonyl (C=O) groups excluding carboxylic acids is 1. The molecule has 1 saturated heterocycles. The second kappa shape index (κ2) is 8.44. The Morgan fingerprint density at radius 3 is 2.70 bits per heavy atom. The van der Waals surface area contributed by atoms with Crippen molar-refractivity contribution in [2.45, 2.75) is 32.7 Å². The van der Waals surface area contributed by atoms with Crippen molar-refractivity contribution in [3.63, 3.8) is 0 Å². The molecule has 144 valence electrons. The molecule has 1 aliphatic heterocycles. The number of likely N-dealkylation sites (tertiary alicyclic amines) is 1. The Morgan fingerprint density at radius 2 is 1.96 bits per heavy atom. The standard InChI is InChI=1S/C22H28N2O3/c1-15-7-8-16(2)19(12-15)23-22(25)14-24-11-5-6-20(24)18-13-17(26-3)9-10-21(18)27-4/h7-10,12-13,20H,5-6,11,14H2,1-4H3,(H,23,25)/t20-/m0/s1. The summed E-state index contributed by atoms with van der Waals surface area (Å²) in [5.41, 5.74) is 4.17. The molecule has 0 unspecified atom stereocenters. The van der Waals surface area contributed by atoms with Gasteiger partial charge >= 0.3 is 0 Å². The van der Waals surface area contributed by atoms with Gasteiger partial charge in [-0.15, -0.1) is 0 Å². The molecule has 1 fully saturated rings. The van der Waals surface area contributed by atoms with E-state index >= 15 is 0 Å². The Bertz CT molecular complexity index is 819. The molecule has 1 amide bonds. The topological polar surface area (TPSA) is 50.8 Å². The van der Waals surface area contributed by atoms with E-state index in [-0.39, 0.29) is 11.9 Å². The summed E-state index contributed by atoms with van der Waals surface area (Å²) in [6.07, 6.45) is 2.06. The predicted molar refractivity (Wildman–Crippen MR) is 108 cm³/mol. The molecule has 0 saturated carbocycles. The summed E-state index contributed by atoms with van der Waals surface area (Å²) in [5.74, 6) is 1.65. The highest BCUT2D eigenvalue weighted by molar-refractivity contribution is 5.93. The van der Waals surface area contributed by atoms with Gasteiger partial charge < -0.3 is 14.8 Å². The molecule has 0 aromatic heterocycles. The molecule has 0 radical (unpaired) electrons. The number of benzene rings is 2. The van der Waals surface area contributed by atoms with Crippen molar-refractivity contribution in [3.8, 4) is 11.5 Å². The van der Waals surface area contributed by atoms with E-state index in [1.165, 1.54) is 0 Å². The zero-order chi connectivity index (χ0) is 19.4. The third kappa shape index (κ3) is 4.42. The molecule has 5 heteroatoms. The highest BCUT2D eigenvalue weighted by Gasteiger charge is 2.30. The Hall–Kier alpha value is -2.53. The molecule has 27 heavy (non-hydrogen) atoms. The van der Waals surface area contributed by atoms with E-state index in [0.717, 1.165) is 53.3 Å². The molecule has 2 aromatic carbocycles. The van der Waals surface area contributed by atoms with Crippen LogP contribution in [0, 0.1) is 13.8 Å². The first kappa shape index (κ1) is 19.2. The summed E-state index contributed by atoms with van der Waals surface area (Å²) in [6.45, 7) is 5.29. The zero-order valence-corrected chi connectivity index (χ0v) is 16.5. The molecular weight excluding hydrogens is 340 g/mol. The number of methoxy groups -OCH3 is 2. The lowest BCUT2D eigenvalue weighted by atomic mass is 10.0. The molecule has 1 heterocycles. The van der Waals surface area contributed by atoms with E-state index in [1.54, 1.807) is 14.2 Å². The largest absolute Gasteiger partial charge is 0.497 e. The Kier molecular flexibility index (Phi) is 6.01. The van der Waals surface area contributed by atoms with Crippen molar-refractivity contribution in [1.29, 1.82) is 0 Å². The first-order chi connectivity index (χ1) is 13.0. The number of aryl methyl sites for hydroxylation is 2. The fourth-order valence-electron chi connectivity index (χ4n) is 3.71. The van der Waals surface area contributed by atoms with Crippen LogP contribution in [0.15, 0.2) is 36.4 Å². The summed E-state index contributed by atoms with van der Waals surface area (Å²) >= 11 is 0. The maximum Gasteiger partial charge on any atom is 0.238 e. The normalized spacial score (nSPS) is 17.0. The van der Waals surface area contributed by atoms with Crippen molar-refractivity contribution < 1.29 is 14.3 Å². The number of hydrogen-bond donors (Lipinski definition) is 1. The number of hydrogen-bond acceptors (Lipinski definition) is 4. The zero-order valence-electron chi connectivity index (χ0n) is 16.5. The van der Waals surface area contributed by atoms with E-state index < -0.39 is 0 Å². The van der Waals surface area contributed by atoms with Gasteiger partial charge in [-0.3, -0.25) is 9.69 Å². The molecule has 1 aliphatic rings. The van der Waals surface area contributed by atoms with E-state index in [4.69, 9.17) is 9.47 Å². The monoisotopic (exact) mass is 368 g/mol. The molecule has 0 aliphatic carbocycles. The predicted octanol–water partition coefficient (Wildman–Crippen LogP) is 4.10. The van der Waals surface area contributed by atoms with Crippen molar-refractivity contribution in [3.05, 3.63) is 53.1 Å². The van der Waals surface area contributed by atoms with Crippen molar-refractivity contribution in [1.82, 2.24) is 4.90 Å². The van der Waals surface area contributed by atoms with E-state index in [9.17, 15) is 4.79 Å². The van der Waals surface area contributed by atoms with Crippen LogP contribution < -0.4 is 14.8 Å². The van der Waals surface area contributed by atoms with E-state index in [1.807, 2.05) is 44.2 Å². The molecule has 1 atom stereocenters.